The van der Waals surface area contributed by atoms with Crippen LogP contribution in [0.4, 0.5) is 4.39 Å². The van der Waals surface area contributed by atoms with Gasteiger partial charge in [0, 0.05) is 17.9 Å². The van der Waals surface area contributed by atoms with Crippen LogP contribution in [0.15, 0.2) is 78.9 Å². The van der Waals surface area contributed by atoms with E-state index in [2.05, 4.69) is 0 Å². The molecule has 3 aromatic rings. The number of nitrogens with zero attached hydrogens (tertiary/aromatic N) is 1. The van der Waals surface area contributed by atoms with Crippen molar-refractivity contribution in [1.29, 1.82) is 0 Å². The van der Waals surface area contributed by atoms with Crippen LogP contribution in [-0.4, -0.2) is 23.1 Å². The molecule has 1 aliphatic rings. The first-order chi connectivity index (χ1) is 12.7. The van der Waals surface area contributed by atoms with Crippen molar-refractivity contribution in [3.8, 4) is 11.1 Å². The van der Waals surface area contributed by atoms with Crippen molar-refractivity contribution >= 4 is 17.7 Å². The van der Waals surface area contributed by atoms with E-state index < -0.39 is 0 Å². The Hall–Kier alpha value is -2.59. The van der Waals surface area contributed by atoms with Gasteiger partial charge < -0.3 is 4.90 Å². The third-order valence-electron chi connectivity index (χ3n) is 4.52. The standard InChI is InChI=1S/C22H18FNOS/c23-20-8-4-7-19(15-20)22-24(13-14-26-22)21(25)18-11-9-17(10-12-18)16-5-2-1-3-6-16/h1-12,15,22H,13-14H2. The molecule has 2 nitrogen and oxygen atoms in total. The summed E-state index contributed by atoms with van der Waals surface area (Å²) >= 11 is 1.67. The molecule has 0 saturated carbocycles. The number of rotatable bonds is 3. The van der Waals surface area contributed by atoms with Gasteiger partial charge in [-0.05, 0) is 41.0 Å². The van der Waals surface area contributed by atoms with E-state index in [4.69, 9.17) is 0 Å². The number of benzene rings is 3. The Bertz CT molecular complexity index is 911. The average Bonchev–Trinajstić information content (AvgIpc) is 3.18. The minimum Gasteiger partial charge on any atom is -0.322 e. The summed E-state index contributed by atoms with van der Waals surface area (Å²) in [7, 11) is 0. The van der Waals surface area contributed by atoms with Crippen LogP contribution >= 0.6 is 11.8 Å². The monoisotopic (exact) mass is 363 g/mol. The number of carbonyl (C=O) groups excluding carboxylic acids is 1. The van der Waals surface area contributed by atoms with E-state index in [9.17, 15) is 9.18 Å². The van der Waals surface area contributed by atoms with E-state index in [-0.39, 0.29) is 17.1 Å². The first kappa shape index (κ1) is 16.9. The maximum atomic E-state index is 13.6. The molecule has 1 atom stereocenters. The maximum absolute atomic E-state index is 13.6. The Morgan fingerprint density at radius 2 is 1.65 bits per heavy atom. The van der Waals surface area contributed by atoms with Crippen LogP contribution in [0.5, 0.6) is 0 Å². The van der Waals surface area contributed by atoms with Gasteiger partial charge in [0.05, 0.1) is 0 Å². The van der Waals surface area contributed by atoms with Crippen LogP contribution in [-0.2, 0) is 0 Å². The molecule has 1 fully saturated rings. The van der Waals surface area contributed by atoms with E-state index in [1.807, 2.05) is 65.6 Å². The zero-order valence-electron chi connectivity index (χ0n) is 14.1. The fraction of sp³-hybridized carbons (Fsp3) is 0.136. The summed E-state index contributed by atoms with van der Waals surface area (Å²) in [4.78, 5) is 14.8. The predicted molar refractivity (Wildman–Crippen MR) is 105 cm³/mol. The fourth-order valence-electron chi connectivity index (χ4n) is 3.22. The van der Waals surface area contributed by atoms with Gasteiger partial charge in [-0.15, -0.1) is 11.8 Å². The van der Waals surface area contributed by atoms with Crippen LogP contribution in [0.2, 0.25) is 0 Å². The van der Waals surface area contributed by atoms with Gasteiger partial charge in [0.1, 0.15) is 11.2 Å². The second kappa shape index (κ2) is 7.34. The van der Waals surface area contributed by atoms with Crippen molar-refractivity contribution in [3.63, 3.8) is 0 Å². The Morgan fingerprint density at radius 3 is 2.38 bits per heavy atom. The van der Waals surface area contributed by atoms with Crippen LogP contribution in [0, 0.1) is 5.82 Å². The van der Waals surface area contributed by atoms with Crippen molar-refractivity contribution in [2.45, 2.75) is 5.37 Å². The molecule has 4 heteroatoms. The van der Waals surface area contributed by atoms with E-state index in [1.54, 1.807) is 17.8 Å². The highest BCUT2D eigenvalue weighted by Gasteiger charge is 2.31. The molecule has 0 radical (unpaired) electrons. The van der Waals surface area contributed by atoms with E-state index in [0.717, 1.165) is 22.4 Å². The molecule has 1 unspecified atom stereocenters. The summed E-state index contributed by atoms with van der Waals surface area (Å²) in [6, 6.07) is 24.3. The van der Waals surface area contributed by atoms with Crippen LogP contribution in [0.1, 0.15) is 21.3 Å². The number of hydrogen-bond donors (Lipinski definition) is 0. The van der Waals surface area contributed by atoms with Crippen molar-refractivity contribution in [2.75, 3.05) is 12.3 Å². The second-order valence-electron chi connectivity index (χ2n) is 6.22. The number of halogens is 1. The van der Waals surface area contributed by atoms with Crippen LogP contribution in [0.25, 0.3) is 11.1 Å². The molecule has 1 aliphatic heterocycles. The lowest BCUT2D eigenvalue weighted by Gasteiger charge is -2.24. The highest BCUT2D eigenvalue weighted by Crippen LogP contribution is 2.39. The molecule has 130 valence electrons. The molecule has 1 amide bonds. The SMILES string of the molecule is O=C(c1ccc(-c2ccccc2)cc1)N1CCSC1c1cccc(F)c1. The third-order valence-corrected chi connectivity index (χ3v) is 5.79. The minimum atomic E-state index is -0.269. The minimum absolute atomic E-state index is 0.0103. The normalized spacial score (nSPS) is 16.7. The Labute approximate surface area is 156 Å². The summed E-state index contributed by atoms with van der Waals surface area (Å²) < 4.78 is 13.6. The quantitative estimate of drug-likeness (QED) is 0.623. The Kier molecular flexibility index (Phi) is 4.76. The van der Waals surface area contributed by atoms with Gasteiger partial charge in [0.15, 0.2) is 0 Å². The number of thioether (sulfide) groups is 1. The van der Waals surface area contributed by atoms with E-state index >= 15 is 0 Å². The summed E-state index contributed by atoms with van der Waals surface area (Å²) in [5.41, 5.74) is 3.70. The third kappa shape index (κ3) is 3.37. The molecule has 0 spiro atoms. The summed E-state index contributed by atoms with van der Waals surface area (Å²) in [6.07, 6.45) is 0. The fourth-order valence-corrected chi connectivity index (χ4v) is 4.46. The van der Waals surface area contributed by atoms with Gasteiger partial charge in [-0.25, -0.2) is 4.39 Å². The number of hydrogen-bond acceptors (Lipinski definition) is 2. The molecule has 0 aromatic heterocycles. The lowest BCUT2D eigenvalue weighted by molar-refractivity contribution is 0.0760. The van der Waals surface area contributed by atoms with Crippen LogP contribution < -0.4 is 0 Å². The Balaban J connectivity index is 1.57. The van der Waals surface area contributed by atoms with Gasteiger partial charge in [0.25, 0.3) is 5.91 Å². The molecule has 26 heavy (non-hydrogen) atoms. The smallest absolute Gasteiger partial charge is 0.255 e. The maximum Gasteiger partial charge on any atom is 0.255 e. The van der Waals surface area contributed by atoms with Crippen LogP contribution in [0.3, 0.4) is 0 Å². The first-order valence-corrected chi connectivity index (χ1v) is 9.61. The predicted octanol–water partition coefficient (Wildman–Crippen LogP) is 5.38. The number of amides is 1. The molecule has 1 heterocycles. The highest BCUT2D eigenvalue weighted by molar-refractivity contribution is 7.99. The molecule has 1 saturated heterocycles. The topological polar surface area (TPSA) is 20.3 Å². The van der Waals surface area contributed by atoms with Crippen molar-refractivity contribution in [3.05, 3.63) is 95.8 Å². The highest BCUT2D eigenvalue weighted by atomic mass is 32.2. The lowest BCUT2D eigenvalue weighted by atomic mass is 10.0. The first-order valence-electron chi connectivity index (χ1n) is 8.56. The molecular formula is C22H18FNOS. The van der Waals surface area contributed by atoms with Crippen molar-refractivity contribution in [1.82, 2.24) is 4.90 Å². The average molecular weight is 363 g/mol. The van der Waals surface area contributed by atoms with E-state index in [0.29, 0.717) is 12.1 Å². The number of carbonyl (C=O) groups is 1. The zero-order chi connectivity index (χ0) is 17.9. The zero-order valence-corrected chi connectivity index (χ0v) is 15.0. The van der Waals surface area contributed by atoms with Gasteiger partial charge >= 0.3 is 0 Å². The Morgan fingerprint density at radius 1 is 0.923 bits per heavy atom. The molecule has 0 aliphatic carbocycles. The van der Waals surface area contributed by atoms with Gasteiger partial charge in [-0.3, -0.25) is 4.79 Å². The summed E-state index contributed by atoms with van der Waals surface area (Å²) in [5, 5.41) is -0.132. The van der Waals surface area contributed by atoms with Crippen molar-refractivity contribution in [2.24, 2.45) is 0 Å². The second-order valence-corrected chi connectivity index (χ2v) is 7.41. The molecule has 3 aromatic carbocycles. The summed E-state index contributed by atoms with van der Waals surface area (Å²) in [6.45, 7) is 0.672. The molecule has 4 rings (SSSR count). The van der Waals surface area contributed by atoms with Gasteiger partial charge in [-0.1, -0.05) is 54.6 Å². The molecule has 0 bridgehead atoms. The van der Waals surface area contributed by atoms with E-state index in [1.165, 1.54) is 12.1 Å². The largest absolute Gasteiger partial charge is 0.322 e. The van der Waals surface area contributed by atoms with Crippen molar-refractivity contribution < 1.29 is 9.18 Å². The summed E-state index contributed by atoms with van der Waals surface area (Å²) in [5.74, 6) is 0.577. The van der Waals surface area contributed by atoms with Gasteiger partial charge in [0.2, 0.25) is 0 Å². The lowest BCUT2D eigenvalue weighted by Crippen LogP contribution is -2.30. The molecule has 0 N–H and O–H groups in total. The molecular weight excluding hydrogens is 345 g/mol. The van der Waals surface area contributed by atoms with Gasteiger partial charge in [-0.2, -0.15) is 0 Å².